The lowest BCUT2D eigenvalue weighted by atomic mass is 9.81. The van der Waals surface area contributed by atoms with Crippen molar-refractivity contribution in [3.63, 3.8) is 0 Å². The summed E-state index contributed by atoms with van der Waals surface area (Å²) in [6.45, 7) is 4.65. The Balaban J connectivity index is 1.11. The first-order chi connectivity index (χ1) is 23.5. The summed E-state index contributed by atoms with van der Waals surface area (Å²) in [5.74, 6) is 0. The minimum absolute atomic E-state index is 0.137. The molecule has 226 valence electrons. The number of hydrogen-bond donors (Lipinski definition) is 0. The van der Waals surface area contributed by atoms with Crippen molar-refractivity contribution >= 4 is 43.7 Å². The fourth-order valence-corrected chi connectivity index (χ4v) is 7.83. The maximum absolute atomic E-state index is 6.69. The van der Waals surface area contributed by atoms with E-state index in [9.17, 15) is 0 Å². The van der Waals surface area contributed by atoms with Crippen LogP contribution < -0.4 is 0 Å². The average Bonchev–Trinajstić information content (AvgIpc) is 3.64. The van der Waals surface area contributed by atoms with Crippen molar-refractivity contribution < 1.29 is 4.42 Å². The summed E-state index contributed by atoms with van der Waals surface area (Å²) < 4.78 is 6.69. The standard InChI is InChI=1S/C45H30N2O/c1-45(2)36-14-8-6-12-33(36)41-37(45)25-35(40-34-13-7-9-15-39(34)48-44(40)41)28-16-18-29(19-17-28)38-23-22-30-20-21-31-24-32(27-10-4-3-5-11-27)26-46-42(31)43(30)47-38/h3-26H,1-2H3. The summed E-state index contributed by atoms with van der Waals surface area (Å²) in [4.78, 5) is 10.1. The molecule has 0 amide bonds. The quantitative estimate of drug-likeness (QED) is 0.186. The van der Waals surface area contributed by atoms with Crippen molar-refractivity contribution in [3.05, 3.63) is 157 Å². The second-order valence-corrected chi connectivity index (χ2v) is 13.4. The Kier molecular flexibility index (Phi) is 5.63. The van der Waals surface area contributed by atoms with Crippen molar-refractivity contribution in [2.45, 2.75) is 19.3 Å². The zero-order chi connectivity index (χ0) is 32.0. The fraction of sp³-hybridized carbons (Fsp3) is 0.0667. The second kappa shape index (κ2) is 9.97. The molecule has 0 unspecified atom stereocenters. The Bertz CT molecular complexity index is 2740. The molecule has 0 spiro atoms. The molecule has 10 rings (SSSR count). The van der Waals surface area contributed by atoms with Gasteiger partial charge >= 0.3 is 0 Å². The summed E-state index contributed by atoms with van der Waals surface area (Å²) in [6.07, 6.45) is 1.96. The van der Waals surface area contributed by atoms with Gasteiger partial charge in [-0.15, -0.1) is 0 Å². The van der Waals surface area contributed by atoms with Crippen LogP contribution in [0.1, 0.15) is 25.0 Å². The molecule has 1 aliphatic rings. The minimum Gasteiger partial charge on any atom is -0.455 e. The molecule has 0 aliphatic heterocycles. The van der Waals surface area contributed by atoms with E-state index in [1.165, 1.54) is 33.2 Å². The predicted octanol–water partition coefficient (Wildman–Crippen LogP) is 12.0. The van der Waals surface area contributed by atoms with Gasteiger partial charge in [-0.1, -0.05) is 129 Å². The van der Waals surface area contributed by atoms with E-state index in [1.54, 1.807) is 0 Å². The number of aromatic nitrogens is 2. The largest absolute Gasteiger partial charge is 0.455 e. The zero-order valence-corrected chi connectivity index (χ0v) is 26.7. The lowest BCUT2D eigenvalue weighted by Gasteiger charge is -2.22. The molecule has 0 atom stereocenters. The highest BCUT2D eigenvalue weighted by Crippen LogP contribution is 2.54. The topological polar surface area (TPSA) is 38.9 Å². The molecular weight excluding hydrogens is 585 g/mol. The van der Waals surface area contributed by atoms with Gasteiger partial charge in [0, 0.05) is 49.8 Å². The van der Waals surface area contributed by atoms with Gasteiger partial charge in [-0.05, 0) is 57.6 Å². The van der Waals surface area contributed by atoms with Crippen molar-refractivity contribution in [2.24, 2.45) is 0 Å². The fourth-order valence-electron chi connectivity index (χ4n) is 7.83. The van der Waals surface area contributed by atoms with Crippen molar-refractivity contribution in [1.82, 2.24) is 9.97 Å². The highest BCUT2D eigenvalue weighted by atomic mass is 16.3. The van der Waals surface area contributed by atoms with Crippen LogP contribution >= 0.6 is 0 Å². The number of nitrogens with zero attached hydrogens (tertiary/aromatic N) is 2. The van der Waals surface area contributed by atoms with Gasteiger partial charge in [-0.3, -0.25) is 4.98 Å². The van der Waals surface area contributed by atoms with Crippen LogP contribution in [0.2, 0.25) is 0 Å². The molecule has 6 aromatic carbocycles. The number of para-hydroxylation sites is 1. The minimum atomic E-state index is -0.137. The van der Waals surface area contributed by atoms with Crippen LogP contribution in [0.4, 0.5) is 0 Å². The van der Waals surface area contributed by atoms with E-state index < -0.39 is 0 Å². The molecule has 3 heterocycles. The molecule has 3 heteroatoms. The van der Waals surface area contributed by atoms with E-state index in [2.05, 4.69) is 147 Å². The number of furan rings is 1. The molecule has 3 aromatic heterocycles. The van der Waals surface area contributed by atoms with E-state index in [-0.39, 0.29) is 5.41 Å². The molecular formula is C45H30N2O. The number of pyridine rings is 2. The maximum Gasteiger partial charge on any atom is 0.144 e. The SMILES string of the molecule is CC1(C)c2ccccc2-c2c1cc(-c1ccc(-c3ccc4ccc5cc(-c6ccccc6)cnc5c4n3)cc1)c1c2oc2ccccc21. The highest BCUT2D eigenvalue weighted by molar-refractivity contribution is 6.18. The molecule has 48 heavy (non-hydrogen) atoms. The highest BCUT2D eigenvalue weighted by Gasteiger charge is 2.38. The van der Waals surface area contributed by atoms with Gasteiger partial charge in [-0.25, -0.2) is 4.98 Å². The van der Waals surface area contributed by atoms with Crippen molar-refractivity contribution in [1.29, 1.82) is 0 Å². The second-order valence-electron chi connectivity index (χ2n) is 13.4. The molecule has 0 N–H and O–H groups in total. The summed E-state index contributed by atoms with van der Waals surface area (Å²) in [5, 5.41) is 4.48. The smallest absolute Gasteiger partial charge is 0.144 e. The number of rotatable bonds is 3. The van der Waals surface area contributed by atoms with Gasteiger partial charge < -0.3 is 4.42 Å². The van der Waals surface area contributed by atoms with Crippen LogP contribution in [0.15, 0.2) is 150 Å². The van der Waals surface area contributed by atoms with E-state index >= 15 is 0 Å². The number of hydrogen-bond acceptors (Lipinski definition) is 3. The predicted molar refractivity (Wildman–Crippen MR) is 198 cm³/mol. The van der Waals surface area contributed by atoms with Crippen LogP contribution in [0.3, 0.4) is 0 Å². The van der Waals surface area contributed by atoms with Gasteiger partial charge in [0.05, 0.1) is 16.7 Å². The Morgan fingerprint density at radius 1 is 0.542 bits per heavy atom. The van der Waals surface area contributed by atoms with Crippen molar-refractivity contribution in [2.75, 3.05) is 0 Å². The lowest BCUT2D eigenvalue weighted by molar-refractivity contribution is 0.653. The van der Waals surface area contributed by atoms with Crippen LogP contribution in [0.25, 0.3) is 88.4 Å². The van der Waals surface area contributed by atoms with Gasteiger partial charge in [-0.2, -0.15) is 0 Å². The number of fused-ring (bicyclic) bond motifs is 10. The Labute approximate surface area is 278 Å². The zero-order valence-electron chi connectivity index (χ0n) is 26.7. The van der Waals surface area contributed by atoms with E-state index in [0.29, 0.717) is 0 Å². The number of benzene rings is 6. The first-order valence-corrected chi connectivity index (χ1v) is 16.5. The van der Waals surface area contributed by atoms with Crippen LogP contribution in [0, 0.1) is 0 Å². The molecule has 0 fully saturated rings. The van der Waals surface area contributed by atoms with Gasteiger partial charge in [0.2, 0.25) is 0 Å². The molecule has 0 saturated heterocycles. The third kappa shape index (κ3) is 3.88. The van der Waals surface area contributed by atoms with Crippen molar-refractivity contribution in [3.8, 4) is 44.6 Å². The van der Waals surface area contributed by atoms with E-state index in [0.717, 1.165) is 66.3 Å². The monoisotopic (exact) mass is 614 g/mol. The maximum atomic E-state index is 6.69. The van der Waals surface area contributed by atoms with Gasteiger partial charge in [0.25, 0.3) is 0 Å². The first kappa shape index (κ1) is 27.1. The summed E-state index contributed by atoms with van der Waals surface area (Å²) in [7, 11) is 0. The average molecular weight is 615 g/mol. The summed E-state index contributed by atoms with van der Waals surface area (Å²) in [5.41, 5.74) is 15.3. The lowest BCUT2D eigenvalue weighted by Crippen LogP contribution is -2.15. The molecule has 1 aliphatic carbocycles. The molecule has 9 aromatic rings. The van der Waals surface area contributed by atoms with Crippen LogP contribution in [0.5, 0.6) is 0 Å². The Morgan fingerprint density at radius 3 is 2.15 bits per heavy atom. The van der Waals surface area contributed by atoms with E-state index in [4.69, 9.17) is 14.4 Å². The molecule has 0 bridgehead atoms. The Hall–Kier alpha value is -6.06. The van der Waals surface area contributed by atoms with Crippen LogP contribution in [-0.4, -0.2) is 9.97 Å². The molecule has 3 nitrogen and oxygen atoms in total. The first-order valence-electron chi connectivity index (χ1n) is 16.5. The normalized spacial score (nSPS) is 13.4. The van der Waals surface area contributed by atoms with Gasteiger partial charge in [0.1, 0.15) is 11.2 Å². The third-order valence-corrected chi connectivity index (χ3v) is 10.3. The summed E-state index contributed by atoms with van der Waals surface area (Å²) in [6, 6.07) is 49.6. The van der Waals surface area contributed by atoms with E-state index in [1.807, 2.05) is 12.3 Å². The molecule has 0 saturated carbocycles. The third-order valence-electron chi connectivity index (χ3n) is 10.3. The van der Waals surface area contributed by atoms with Crippen LogP contribution in [-0.2, 0) is 5.41 Å². The molecule has 0 radical (unpaired) electrons. The Morgan fingerprint density at radius 2 is 1.27 bits per heavy atom. The van der Waals surface area contributed by atoms with Gasteiger partial charge in [0.15, 0.2) is 0 Å². The summed E-state index contributed by atoms with van der Waals surface area (Å²) >= 11 is 0.